The number of ketones is 1. The maximum absolute atomic E-state index is 12.6. The van der Waals surface area contributed by atoms with E-state index in [0.717, 1.165) is 35.5 Å². The molecule has 1 fully saturated rings. The minimum Gasteiger partial charge on any atom is -0.367 e. The molecule has 0 radical (unpaired) electrons. The summed E-state index contributed by atoms with van der Waals surface area (Å²) in [5, 5.41) is 6.26. The van der Waals surface area contributed by atoms with E-state index >= 15 is 0 Å². The molecule has 29 heavy (non-hydrogen) atoms. The first-order valence-corrected chi connectivity index (χ1v) is 9.64. The maximum atomic E-state index is 12.6. The van der Waals surface area contributed by atoms with Crippen LogP contribution in [0.2, 0.25) is 0 Å². The topological polar surface area (TPSA) is 96.1 Å². The number of amides is 1. The summed E-state index contributed by atoms with van der Waals surface area (Å²) in [5.74, 6) is 0.540. The number of nitrogens with zero attached hydrogens (tertiary/aromatic N) is 1. The van der Waals surface area contributed by atoms with Crippen molar-refractivity contribution in [2.45, 2.75) is 19.4 Å². The number of H-pyrrole nitrogens is 1. The highest BCUT2D eigenvalue weighted by atomic mass is 16.5. The van der Waals surface area contributed by atoms with Gasteiger partial charge in [0.15, 0.2) is 5.78 Å². The van der Waals surface area contributed by atoms with Gasteiger partial charge in [-0.3, -0.25) is 9.59 Å². The Bertz CT molecular complexity index is 1090. The normalized spacial score (nSPS) is 15.7. The quantitative estimate of drug-likeness (QED) is 0.616. The Balaban J connectivity index is 1.55. The highest BCUT2D eigenvalue weighted by molar-refractivity contribution is 6.08. The minimum atomic E-state index is -0.0662. The minimum absolute atomic E-state index is 0.00615. The second-order valence-corrected chi connectivity index (χ2v) is 7.33. The third kappa shape index (κ3) is 3.52. The summed E-state index contributed by atoms with van der Waals surface area (Å²) in [6.07, 6.45) is 3.52. The molecule has 0 atom stereocenters. The van der Waals surface area contributed by atoms with Crippen LogP contribution in [0.5, 0.6) is 0 Å². The van der Waals surface area contributed by atoms with Crippen molar-refractivity contribution >= 4 is 28.9 Å². The average Bonchev–Trinajstić information content (AvgIpc) is 3.52. The number of aromatic amines is 1. The molecule has 3 heterocycles. The standard InChI is InChI=1S/C22H20N4O3/c27-17-12-29-11-16-19(17)21(24-15-4-2-1-3-5-15)20(25-16)14-8-9-23-18(10-14)26-22(28)13-6-7-13/h1-5,8-10,13,24-25H,6-7,11-12H2,(H,23,26,28). The molecule has 1 saturated carbocycles. The summed E-state index contributed by atoms with van der Waals surface area (Å²) in [6.45, 7) is 0.410. The van der Waals surface area contributed by atoms with E-state index in [9.17, 15) is 9.59 Å². The fourth-order valence-electron chi connectivity index (χ4n) is 3.52. The van der Waals surface area contributed by atoms with Gasteiger partial charge in [-0.25, -0.2) is 4.98 Å². The monoisotopic (exact) mass is 388 g/mol. The first-order chi connectivity index (χ1) is 14.2. The van der Waals surface area contributed by atoms with Crippen molar-refractivity contribution in [2.24, 2.45) is 5.92 Å². The average molecular weight is 388 g/mol. The van der Waals surface area contributed by atoms with Gasteiger partial charge in [0, 0.05) is 23.4 Å². The fourth-order valence-corrected chi connectivity index (χ4v) is 3.52. The van der Waals surface area contributed by atoms with Gasteiger partial charge in [0.1, 0.15) is 12.4 Å². The van der Waals surface area contributed by atoms with Crippen LogP contribution in [0, 0.1) is 5.92 Å². The van der Waals surface area contributed by atoms with E-state index in [1.807, 2.05) is 42.5 Å². The lowest BCUT2D eigenvalue weighted by molar-refractivity contribution is -0.117. The van der Waals surface area contributed by atoms with E-state index in [4.69, 9.17) is 4.74 Å². The zero-order valence-corrected chi connectivity index (χ0v) is 15.7. The van der Waals surface area contributed by atoms with E-state index in [1.165, 1.54) is 0 Å². The van der Waals surface area contributed by atoms with Crippen LogP contribution in [-0.2, 0) is 16.1 Å². The van der Waals surface area contributed by atoms with Crippen LogP contribution in [0.3, 0.4) is 0 Å². The van der Waals surface area contributed by atoms with Crippen molar-refractivity contribution in [1.82, 2.24) is 9.97 Å². The molecule has 2 aromatic heterocycles. The SMILES string of the molecule is O=C1COCc2[nH]c(-c3ccnc(NC(=O)C4CC4)c3)c(Nc3ccccc3)c21. The molecule has 1 aromatic carbocycles. The first kappa shape index (κ1) is 17.6. The zero-order valence-electron chi connectivity index (χ0n) is 15.7. The van der Waals surface area contributed by atoms with Gasteiger partial charge < -0.3 is 20.4 Å². The third-order valence-corrected chi connectivity index (χ3v) is 5.13. The van der Waals surface area contributed by atoms with Crippen LogP contribution >= 0.6 is 0 Å². The number of fused-ring (bicyclic) bond motifs is 1. The second-order valence-electron chi connectivity index (χ2n) is 7.33. The molecule has 7 nitrogen and oxygen atoms in total. The molecule has 7 heteroatoms. The number of para-hydroxylation sites is 1. The Morgan fingerprint density at radius 2 is 1.97 bits per heavy atom. The predicted octanol–water partition coefficient (Wildman–Crippen LogP) is 3.88. The lowest BCUT2D eigenvalue weighted by Crippen LogP contribution is -2.18. The largest absolute Gasteiger partial charge is 0.367 e. The summed E-state index contributed by atoms with van der Waals surface area (Å²) in [5.41, 5.74) is 4.55. The number of hydrogen-bond donors (Lipinski definition) is 3. The smallest absolute Gasteiger partial charge is 0.228 e. The molecule has 1 aliphatic carbocycles. The van der Waals surface area contributed by atoms with E-state index in [2.05, 4.69) is 20.6 Å². The van der Waals surface area contributed by atoms with Gasteiger partial charge in [0.25, 0.3) is 0 Å². The predicted molar refractivity (Wildman–Crippen MR) is 109 cm³/mol. The van der Waals surface area contributed by atoms with Crippen LogP contribution in [0.4, 0.5) is 17.2 Å². The van der Waals surface area contributed by atoms with E-state index in [-0.39, 0.29) is 24.2 Å². The number of Topliss-reactive ketones (excluding diaryl/α,β-unsaturated/α-hetero) is 1. The van der Waals surface area contributed by atoms with Crippen LogP contribution in [0.1, 0.15) is 28.9 Å². The number of benzene rings is 1. The lowest BCUT2D eigenvalue weighted by Gasteiger charge is -2.14. The van der Waals surface area contributed by atoms with Crippen LogP contribution in [0.25, 0.3) is 11.3 Å². The van der Waals surface area contributed by atoms with Gasteiger partial charge in [0.2, 0.25) is 5.91 Å². The molecule has 0 spiro atoms. The van der Waals surface area contributed by atoms with Gasteiger partial charge in [-0.05, 0) is 37.1 Å². The van der Waals surface area contributed by atoms with Crippen molar-refractivity contribution in [3.05, 3.63) is 59.9 Å². The molecule has 146 valence electrons. The van der Waals surface area contributed by atoms with E-state index in [1.54, 1.807) is 6.20 Å². The number of rotatable bonds is 5. The lowest BCUT2D eigenvalue weighted by atomic mass is 10.0. The van der Waals surface area contributed by atoms with Gasteiger partial charge >= 0.3 is 0 Å². The molecule has 0 bridgehead atoms. The molecular weight excluding hydrogens is 368 g/mol. The fraction of sp³-hybridized carbons (Fsp3) is 0.227. The number of aromatic nitrogens is 2. The summed E-state index contributed by atoms with van der Waals surface area (Å²) in [4.78, 5) is 32.3. The van der Waals surface area contributed by atoms with Crippen molar-refractivity contribution in [3.63, 3.8) is 0 Å². The summed E-state index contributed by atoms with van der Waals surface area (Å²) in [6, 6.07) is 13.4. The molecule has 0 saturated heterocycles. The highest BCUT2D eigenvalue weighted by Gasteiger charge is 2.30. The van der Waals surface area contributed by atoms with Crippen molar-refractivity contribution < 1.29 is 14.3 Å². The first-order valence-electron chi connectivity index (χ1n) is 9.64. The van der Waals surface area contributed by atoms with Crippen molar-refractivity contribution in [1.29, 1.82) is 0 Å². The summed E-state index contributed by atoms with van der Waals surface area (Å²) in [7, 11) is 0. The molecule has 2 aliphatic rings. The molecule has 3 N–H and O–H groups in total. The Kier molecular flexibility index (Phi) is 4.37. The number of ether oxygens (including phenoxy) is 1. The van der Waals surface area contributed by atoms with Gasteiger partial charge in [-0.15, -0.1) is 0 Å². The molecule has 5 rings (SSSR count). The van der Waals surface area contributed by atoms with Crippen LogP contribution in [0.15, 0.2) is 48.7 Å². The highest BCUT2D eigenvalue weighted by Crippen LogP contribution is 2.38. The molecular formula is C22H20N4O3. The second kappa shape index (κ2) is 7.18. The van der Waals surface area contributed by atoms with E-state index < -0.39 is 0 Å². The number of anilines is 3. The summed E-state index contributed by atoms with van der Waals surface area (Å²) >= 11 is 0. The molecule has 3 aromatic rings. The number of carbonyl (C=O) groups is 2. The third-order valence-electron chi connectivity index (χ3n) is 5.13. The van der Waals surface area contributed by atoms with E-state index in [0.29, 0.717) is 23.7 Å². The Hall–Kier alpha value is -3.45. The maximum Gasteiger partial charge on any atom is 0.228 e. The molecule has 0 unspecified atom stereocenters. The molecule has 1 amide bonds. The Labute approximate surface area is 167 Å². The number of nitrogens with one attached hydrogen (secondary N) is 3. The Morgan fingerprint density at radius 3 is 2.76 bits per heavy atom. The summed E-state index contributed by atoms with van der Waals surface area (Å²) < 4.78 is 5.39. The van der Waals surface area contributed by atoms with Gasteiger partial charge in [-0.2, -0.15) is 0 Å². The van der Waals surface area contributed by atoms with Gasteiger partial charge in [-0.1, -0.05) is 18.2 Å². The number of hydrogen-bond acceptors (Lipinski definition) is 5. The van der Waals surface area contributed by atoms with Crippen molar-refractivity contribution in [2.75, 3.05) is 17.2 Å². The zero-order chi connectivity index (χ0) is 19.8. The van der Waals surface area contributed by atoms with Crippen LogP contribution < -0.4 is 10.6 Å². The van der Waals surface area contributed by atoms with Crippen LogP contribution in [-0.4, -0.2) is 28.3 Å². The molecule has 1 aliphatic heterocycles. The number of pyridine rings is 1. The number of carbonyl (C=O) groups excluding carboxylic acids is 2. The van der Waals surface area contributed by atoms with Crippen molar-refractivity contribution in [3.8, 4) is 11.3 Å². The van der Waals surface area contributed by atoms with Gasteiger partial charge in [0.05, 0.1) is 29.2 Å². The Morgan fingerprint density at radius 1 is 1.14 bits per heavy atom.